The van der Waals surface area contributed by atoms with E-state index >= 15 is 0 Å². The van der Waals surface area contributed by atoms with Crippen molar-refractivity contribution in [3.8, 4) is 0 Å². The van der Waals surface area contributed by atoms with Crippen LogP contribution in [-0.4, -0.2) is 18.5 Å². The van der Waals surface area contributed by atoms with E-state index in [1.54, 1.807) is 0 Å². The van der Waals surface area contributed by atoms with Crippen LogP contribution in [0.4, 0.5) is 18.9 Å². The van der Waals surface area contributed by atoms with Crippen molar-refractivity contribution in [1.82, 2.24) is 0 Å². The first-order valence-corrected chi connectivity index (χ1v) is 8.75. The van der Waals surface area contributed by atoms with Crippen LogP contribution in [-0.2, 0) is 26.9 Å². The SMILES string of the molecule is Cc1ccc2c(CC(=O)OCC(=O)Nc3ccccc3C(F)(F)F)coc2c1C. The minimum atomic E-state index is -4.61. The standard InChI is InChI=1S/C21H18F3NO4/c1-12-7-8-15-14(10-29-20(15)13(12)2)9-19(27)28-11-18(26)25-17-6-4-3-5-16(17)21(22,23)24/h3-8,10H,9,11H2,1-2H3,(H,25,26). The summed E-state index contributed by atoms with van der Waals surface area (Å²) in [5, 5.41) is 2.89. The van der Waals surface area contributed by atoms with E-state index in [-0.39, 0.29) is 6.42 Å². The van der Waals surface area contributed by atoms with E-state index in [0.29, 0.717) is 11.1 Å². The van der Waals surface area contributed by atoms with Crippen molar-refractivity contribution in [1.29, 1.82) is 0 Å². The third-order valence-electron chi connectivity index (χ3n) is 4.55. The molecule has 29 heavy (non-hydrogen) atoms. The quantitative estimate of drug-likeness (QED) is 0.620. The average molecular weight is 405 g/mol. The van der Waals surface area contributed by atoms with Crippen molar-refractivity contribution in [3.63, 3.8) is 0 Å². The number of anilines is 1. The summed E-state index contributed by atoms with van der Waals surface area (Å²) in [4.78, 5) is 24.0. The monoisotopic (exact) mass is 405 g/mol. The number of ether oxygens (including phenoxy) is 1. The van der Waals surface area contributed by atoms with E-state index in [0.717, 1.165) is 28.6 Å². The highest BCUT2D eigenvalue weighted by atomic mass is 19.4. The Morgan fingerprint density at radius 1 is 1.10 bits per heavy atom. The first kappa shape index (κ1) is 20.4. The van der Waals surface area contributed by atoms with Gasteiger partial charge in [0, 0.05) is 10.9 Å². The Morgan fingerprint density at radius 3 is 2.55 bits per heavy atom. The summed E-state index contributed by atoms with van der Waals surface area (Å²) in [6.07, 6.45) is -3.28. The largest absolute Gasteiger partial charge is 0.464 e. The van der Waals surface area contributed by atoms with Gasteiger partial charge in [-0.3, -0.25) is 9.59 Å². The van der Waals surface area contributed by atoms with E-state index in [4.69, 9.17) is 9.15 Å². The zero-order valence-electron chi connectivity index (χ0n) is 15.7. The summed E-state index contributed by atoms with van der Waals surface area (Å²) in [6.45, 7) is 3.16. The lowest BCUT2D eigenvalue weighted by molar-refractivity contribution is -0.146. The molecule has 0 unspecified atom stereocenters. The summed E-state index contributed by atoms with van der Waals surface area (Å²) in [6, 6.07) is 8.32. The molecule has 0 bridgehead atoms. The van der Waals surface area contributed by atoms with Crippen molar-refractivity contribution >= 4 is 28.5 Å². The number of para-hydroxylation sites is 1. The first-order valence-electron chi connectivity index (χ1n) is 8.75. The minimum Gasteiger partial charge on any atom is -0.464 e. The van der Waals surface area contributed by atoms with Crippen LogP contribution in [0.15, 0.2) is 47.1 Å². The summed E-state index contributed by atoms with van der Waals surface area (Å²) in [7, 11) is 0. The van der Waals surface area contributed by atoms with Crippen LogP contribution in [0.25, 0.3) is 11.0 Å². The van der Waals surface area contributed by atoms with Crippen molar-refractivity contribution in [3.05, 3.63) is 64.9 Å². The fourth-order valence-electron chi connectivity index (χ4n) is 2.90. The number of benzene rings is 2. The number of hydrogen-bond donors (Lipinski definition) is 1. The maximum absolute atomic E-state index is 13.0. The van der Waals surface area contributed by atoms with Gasteiger partial charge in [0.25, 0.3) is 5.91 Å². The van der Waals surface area contributed by atoms with Crippen molar-refractivity contribution in [2.45, 2.75) is 26.4 Å². The number of aryl methyl sites for hydroxylation is 2. The van der Waals surface area contributed by atoms with Crippen LogP contribution < -0.4 is 5.32 Å². The number of nitrogens with one attached hydrogen (secondary N) is 1. The van der Waals surface area contributed by atoms with Gasteiger partial charge in [-0.25, -0.2) is 0 Å². The number of carbonyl (C=O) groups is 2. The Balaban J connectivity index is 1.61. The molecule has 0 aliphatic heterocycles. The van der Waals surface area contributed by atoms with Crippen LogP contribution in [0.1, 0.15) is 22.3 Å². The van der Waals surface area contributed by atoms with Crippen LogP contribution in [0, 0.1) is 13.8 Å². The molecule has 1 amide bonds. The predicted octanol–water partition coefficient (Wildman–Crippen LogP) is 4.79. The molecule has 0 saturated heterocycles. The van der Waals surface area contributed by atoms with Crippen molar-refractivity contribution in [2.75, 3.05) is 11.9 Å². The van der Waals surface area contributed by atoms with Crippen LogP contribution in [0.5, 0.6) is 0 Å². The van der Waals surface area contributed by atoms with Gasteiger partial charge in [0.1, 0.15) is 5.58 Å². The number of amides is 1. The molecule has 1 heterocycles. The van der Waals surface area contributed by atoms with Gasteiger partial charge in [0.15, 0.2) is 6.61 Å². The molecule has 152 valence electrons. The van der Waals surface area contributed by atoms with Gasteiger partial charge < -0.3 is 14.5 Å². The number of fused-ring (bicyclic) bond motifs is 1. The molecule has 1 N–H and O–H groups in total. The topological polar surface area (TPSA) is 68.5 Å². The second kappa shape index (κ2) is 7.98. The summed E-state index contributed by atoms with van der Waals surface area (Å²) >= 11 is 0. The number of alkyl halides is 3. The maximum Gasteiger partial charge on any atom is 0.418 e. The molecule has 3 rings (SSSR count). The van der Waals surface area contributed by atoms with E-state index in [2.05, 4.69) is 5.32 Å². The zero-order valence-corrected chi connectivity index (χ0v) is 15.7. The van der Waals surface area contributed by atoms with Crippen molar-refractivity contribution in [2.24, 2.45) is 0 Å². The Labute approximate surface area is 164 Å². The molecule has 0 atom stereocenters. The van der Waals surface area contributed by atoms with Gasteiger partial charge >= 0.3 is 12.1 Å². The summed E-state index contributed by atoms with van der Waals surface area (Å²) in [5.74, 6) is -1.55. The van der Waals surface area contributed by atoms with Gasteiger partial charge in [-0.1, -0.05) is 24.3 Å². The second-order valence-corrected chi connectivity index (χ2v) is 6.57. The van der Waals surface area contributed by atoms with Crippen molar-refractivity contribution < 1.29 is 31.9 Å². The van der Waals surface area contributed by atoms with Gasteiger partial charge in [0.05, 0.1) is 23.9 Å². The smallest absolute Gasteiger partial charge is 0.418 e. The lowest BCUT2D eigenvalue weighted by atomic mass is 10.0. The molecule has 2 aromatic carbocycles. The number of halogens is 3. The molecule has 0 radical (unpaired) electrons. The number of esters is 1. The number of furan rings is 1. The minimum absolute atomic E-state index is 0.123. The zero-order chi connectivity index (χ0) is 21.2. The summed E-state index contributed by atoms with van der Waals surface area (Å²) < 4.78 is 49.3. The second-order valence-electron chi connectivity index (χ2n) is 6.57. The van der Waals surface area contributed by atoms with Crippen LogP contribution in [0.3, 0.4) is 0 Å². The highest BCUT2D eigenvalue weighted by Gasteiger charge is 2.33. The fourth-order valence-corrected chi connectivity index (χ4v) is 2.90. The molecule has 0 aliphatic rings. The average Bonchev–Trinajstić information content (AvgIpc) is 3.06. The molecule has 1 aromatic heterocycles. The molecule has 8 heteroatoms. The first-order chi connectivity index (χ1) is 13.7. The van der Waals surface area contributed by atoms with E-state index in [9.17, 15) is 22.8 Å². The lowest BCUT2D eigenvalue weighted by Gasteiger charge is -2.13. The third kappa shape index (κ3) is 4.59. The van der Waals surface area contributed by atoms with Gasteiger partial charge in [0.2, 0.25) is 0 Å². The number of carbonyl (C=O) groups excluding carboxylic acids is 2. The highest BCUT2D eigenvalue weighted by Crippen LogP contribution is 2.34. The Morgan fingerprint density at radius 2 is 1.83 bits per heavy atom. The van der Waals surface area contributed by atoms with Crippen LogP contribution in [0.2, 0.25) is 0 Å². The van der Waals surface area contributed by atoms with E-state index < -0.39 is 35.9 Å². The Hall–Kier alpha value is -3.29. The van der Waals surface area contributed by atoms with Crippen LogP contribution >= 0.6 is 0 Å². The van der Waals surface area contributed by atoms with Gasteiger partial charge in [-0.05, 0) is 37.1 Å². The predicted molar refractivity (Wildman–Crippen MR) is 100 cm³/mol. The molecular weight excluding hydrogens is 387 g/mol. The molecule has 3 aromatic rings. The fraction of sp³-hybridized carbons (Fsp3) is 0.238. The van der Waals surface area contributed by atoms with Gasteiger partial charge in [-0.2, -0.15) is 13.2 Å². The molecule has 0 aliphatic carbocycles. The molecule has 5 nitrogen and oxygen atoms in total. The maximum atomic E-state index is 13.0. The Bertz CT molecular complexity index is 1070. The normalized spacial score (nSPS) is 11.5. The molecule has 0 saturated carbocycles. The molecule has 0 fully saturated rings. The molecule has 0 spiro atoms. The summed E-state index contributed by atoms with van der Waals surface area (Å²) in [5.41, 5.74) is 1.93. The molecular formula is C21H18F3NO4. The van der Waals surface area contributed by atoms with E-state index in [1.165, 1.54) is 18.4 Å². The lowest BCUT2D eigenvalue weighted by Crippen LogP contribution is -2.23. The number of hydrogen-bond acceptors (Lipinski definition) is 4. The highest BCUT2D eigenvalue weighted by molar-refractivity contribution is 5.94. The third-order valence-corrected chi connectivity index (χ3v) is 4.55. The number of rotatable bonds is 5. The van der Waals surface area contributed by atoms with E-state index in [1.807, 2.05) is 26.0 Å². The Kier molecular flexibility index (Phi) is 5.63. The van der Waals surface area contributed by atoms with Gasteiger partial charge in [-0.15, -0.1) is 0 Å².